The van der Waals surface area contributed by atoms with Crippen LogP contribution in [0, 0.1) is 5.95 Å². The first-order valence-corrected chi connectivity index (χ1v) is 3.99. The van der Waals surface area contributed by atoms with Crippen molar-refractivity contribution in [3.63, 3.8) is 0 Å². The average Bonchev–Trinajstić information content (AvgIpc) is 2.18. The van der Waals surface area contributed by atoms with Gasteiger partial charge in [0.2, 0.25) is 5.95 Å². The zero-order valence-corrected chi connectivity index (χ0v) is 7.88. The molecule has 0 aliphatic carbocycles. The number of pyridine rings is 1. The monoisotopic (exact) mass is 252 g/mol. The van der Waals surface area contributed by atoms with Crippen LogP contribution < -0.4 is 5.32 Å². The first-order valence-electron chi connectivity index (χ1n) is 3.99. The van der Waals surface area contributed by atoms with E-state index >= 15 is 0 Å². The Hall–Kier alpha value is -2.19. The molecule has 1 amide bonds. The number of carboxylic acid groups (broad SMARTS) is 1. The fraction of sp³-hybridized carbons (Fsp3) is 0.125. The Morgan fingerprint density at radius 2 is 1.94 bits per heavy atom. The second kappa shape index (κ2) is 4.36. The predicted octanol–water partition coefficient (Wildman–Crippen LogP) is 1.42. The number of rotatable bonds is 2. The number of nitrogens with zero attached hydrogens (tertiary/aromatic N) is 1. The number of carboxylic acids is 1. The van der Waals surface area contributed by atoms with Crippen LogP contribution in [0.15, 0.2) is 12.3 Å². The Labute approximate surface area is 91.1 Å². The maximum absolute atomic E-state index is 12.6. The molecular formula is C8H4F4N2O3. The van der Waals surface area contributed by atoms with Crippen molar-refractivity contribution in [1.29, 1.82) is 0 Å². The first kappa shape index (κ1) is 12.9. The van der Waals surface area contributed by atoms with Crippen molar-refractivity contribution in [2.45, 2.75) is 6.18 Å². The predicted molar refractivity (Wildman–Crippen MR) is 45.8 cm³/mol. The molecular weight excluding hydrogens is 248 g/mol. The third kappa shape index (κ3) is 3.13. The summed E-state index contributed by atoms with van der Waals surface area (Å²) >= 11 is 0. The molecule has 0 bridgehead atoms. The highest BCUT2D eigenvalue weighted by molar-refractivity contribution is 6.01. The molecule has 9 heteroatoms. The van der Waals surface area contributed by atoms with E-state index in [0.717, 1.165) is 0 Å². The largest absolute Gasteiger partial charge is 0.478 e. The Kier molecular flexibility index (Phi) is 3.30. The summed E-state index contributed by atoms with van der Waals surface area (Å²) in [5.74, 6) is -5.25. The van der Waals surface area contributed by atoms with E-state index in [2.05, 4.69) is 4.98 Å². The lowest BCUT2D eigenvalue weighted by atomic mass is 10.2. The lowest BCUT2D eigenvalue weighted by Gasteiger charge is -2.09. The van der Waals surface area contributed by atoms with Crippen molar-refractivity contribution in [2.24, 2.45) is 0 Å². The molecule has 0 unspecified atom stereocenters. The molecule has 1 aromatic rings. The van der Waals surface area contributed by atoms with Crippen molar-refractivity contribution in [3.05, 3.63) is 23.8 Å². The molecule has 92 valence electrons. The fourth-order valence-electron chi connectivity index (χ4n) is 0.900. The molecule has 0 saturated carbocycles. The van der Waals surface area contributed by atoms with Crippen LogP contribution in [-0.2, 0) is 4.79 Å². The van der Waals surface area contributed by atoms with Crippen LogP contribution in [0.2, 0.25) is 0 Å². The van der Waals surface area contributed by atoms with E-state index in [0.29, 0.717) is 12.3 Å². The SMILES string of the molecule is O=C(O)c1cc(F)ncc1NC(=O)C(F)(F)F. The second-order valence-electron chi connectivity index (χ2n) is 2.81. The number of aromatic carboxylic acids is 1. The molecule has 0 atom stereocenters. The van der Waals surface area contributed by atoms with Gasteiger partial charge in [0.25, 0.3) is 0 Å². The minimum Gasteiger partial charge on any atom is -0.478 e. The Bertz CT molecular complexity index is 472. The van der Waals surface area contributed by atoms with Crippen LogP contribution >= 0.6 is 0 Å². The Morgan fingerprint density at radius 1 is 1.35 bits per heavy atom. The molecule has 0 fully saturated rings. The Morgan fingerprint density at radius 3 is 2.41 bits per heavy atom. The number of carbonyl (C=O) groups is 2. The van der Waals surface area contributed by atoms with Gasteiger partial charge in [-0.1, -0.05) is 0 Å². The molecule has 1 heterocycles. The van der Waals surface area contributed by atoms with Gasteiger partial charge in [-0.2, -0.15) is 17.6 Å². The van der Waals surface area contributed by atoms with Crippen molar-refractivity contribution in [3.8, 4) is 0 Å². The molecule has 5 nitrogen and oxygen atoms in total. The number of alkyl halides is 3. The van der Waals surface area contributed by atoms with Crippen molar-refractivity contribution >= 4 is 17.6 Å². The van der Waals surface area contributed by atoms with Gasteiger partial charge >= 0.3 is 18.1 Å². The van der Waals surface area contributed by atoms with Gasteiger partial charge in [0.1, 0.15) is 0 Å². The summed E-state index contributed by atoms with van der Waals surface area (Å²) in [7, 11) is 0. The molecule has 0 radical (unpaired) electrons. The van der Waals surface area contributed by atoms with E-state index in [9.17, 15) is 27.2 Å². The summed E-state index contributed by atoms with van der Waals surface area (Å²) in [6.07, 6.45) is -4.69. The zero-order valence-electron chi connectivity index (χ0n) is 7.88. The topological polar surface area (TPSA) is 79.3 Å². The van der Waals surface area contributed by atoms with Gasteiger partial charge in [-0.15, -0.1) is 0 Å². The molecule has 0 aromatic carbocycles. The number of hydrogen-bond acceptors (Lipinski definition) is 3. The van der Waals surface area contributed by atoms with Gasteiger partial charge in [0.05, 0.1) is 17.4 Å². The number of hydrogen-bond donors (Lipinski definition) is 2. The smallest absolute Gasteiger partial charge is 0.471 e. The summed E-state index contributed by atoms with van der Waals surface area (Å²) in [4.78, 5) is 24.1. The van der Waals surface area contributed by atoms with Crippen LogP contribution in [-0.4, -0.2) is 28.1 Å². The lowest BCUT2D eigenvalue weighted by Crippen LogP contribution is -2.30. The molecule has 0 spiro atoms. The highest BCUT2D eigenvalue weighted by Crippen LogP contribution is 2.20. The van der Waals surface area contributed by atoms with E-state index in [1.165, 1.54) is 5.32 Å². The summed E-state index contributed by atoms with van der Waals surface area (Å²) in [6.45, 7) is 0. The van der Waals surface area contributed by atoms with E-state index in [1.807, 2.05) is 0 Å². The first-order chi connectivity index (χ1) is 7.71. The molecule has 1 rings (SSSR count). The van der Waals surface area contributed by atoms with Crippen LogP contribution in [0.5, 0.6) is 0 Å². The molecule has 0 aliphatic rings. The summed E-state index contributed by atoms with van der Waals surface area (Å²) in [6, 6.07) is 0.397. The standard InChI is InChI=1S/C8H4F4N2O3/c9-5-1-3(6(15)16)4(2-13-5)14-7(17)8(10,11)12/h1-2H,(H,14,17)(H,15,16). The second-order valence-corrected chi connectivity index (χ2v) is 2.81. The van der Waals surface area contributed by atoms with Gasteiger partial charge < -0.3 is 10.4 Å². The van der Waals surface area contributed by atoms with Gasteiger partial charge in [0.15, 0.2) is 0 Å². The van der Waals surface area contributed by atoms with Gasteiger partial charge in [0, 0.05) is 6.07 Å². The number of carbonyl (C=O) groups excluding carboxylic acids is 1. The molecule has 0 saturated heterocycles. The number of nitrogens with one attached hydrogen (secondary N) is 1. The minimum atomic E-state index is -5.18. The van der Waals surface area contributed by atoms with Crippen molar-refractivity contribution < 1.29 is 32.3 Å². The Balaban J connectivity index is 3.07. The molecule has 17 heavy (non-hydrogen) atoms. The summed E-state index contributed by atoms with van der Waals surface area (Å²) < 4.78 is 48.2. The van der Waals surface area contributed by atoms with Crippen LogP contribution in [0.25, 0.3) is 0 Å². The maximum atomic E-state index is 12.6. The number of aromatic nitrogens is 1. The summed E-state index contributed by atoms with van der Waals surface area (Å²) in [5, 5.41) is 9.86. The zero-order chi connectivity index (χ0) is 13.2. The van der Waals surface area contributed by atoms with Crippen molar-refractivity contribution in [2.75, 3.05) is 5.32 Å². The third-order valence-electron chi connectivity index (χ3n) is 1.61. The number of anilines is 1. The van der Waals surface area contributed by atoms with E-state index < -0.39 is 35.3 Å². The van der Waals surface area contributed by atoms with Crippen LogP contribution in [0.1, 0.15) is 10.4 Å². The third-order valence-corrected chi connectivity index (χ3v) is 1.61. The highest BCUT2D eigenvalue weighted by atomic mass is 19.4. The van der Waals surface area contributed by atoms with E-state index in [-0.39, 0.29) is 0 Å². The molecule has 1 aromatic heterocycles. The number of halogens is 4. The minimum absolute atomic E-state index is 0.397. The average molecular weight is 252 g/mol. The molecule has 0 aliphatic heterocycles. The van der Waals surface area contributed by atoms with E-state index in [1.54, 1.807) is 0 Å². The molecule has 2 N–H and O–H groups in total. The van der Waals surface area contributed by atoms with Gasteiger partial charge in [-0.25, -0.2) is 9.78 Å². The fourth-order valence-corrected chi connectivity index (χ4v) is 0.900. The van der Waals surface area contributed by atoms with Crippen LogP contribution in [0.3, 0.4) is 0 Å². The normalized spacial score (nSPS) is 11.1. The number of amides is 1. The van der Waals surface area contributed by atoms with E-state index in [4.69, 9.17) is 5.11 Å². The van der Waals surface area contributed by atoms with Crippen molar-refractivity contribution in [1.82, 2.24) is 4.98 Å². The maximum Gasteiger partial charge on any atom is 0.471 e. The lowest BCUT2D eigenvalue weighted by molar-refractivity contribution is -0.167. The highest BCUT2D eigenvalue weighted by Gasteiger charge is 2.39. The van der Waals surface area contributed by atoms with Gasteiger partial charge in [-0.3, -0.25) is 4.79 Å². The summed E-state index contributed by atoms with van der Waals surface area (Å²) in [5.41, 5.74) is -1.56. The quantitative estimate of drug-likeness (QED) is 0.616. The van der Waals surface area contributed by atoms with Gasteiger partial charge in [-0.05, 0) is 0 Å². The van der Waals surface area contributed by atoms with Crippen LogP contribution in [0.4, 0.5) is 23.2 Å².